The second-order valence-corrected chi connectivity index (χ2v) is 5.46. The highest BCUT2D eigenvalue weighted by Crippen LogP contribution is 2.29. The summed E-state index contributed by atoms with van der Waals surface area (Å²) in [5, 5.41) is 8.89. The topological polar surface area (TPSA) is 45.8 Å². The number of fused-ring (bicyclic) bond motifs is 1. The Labute approximate surface area is 119 Å². The van der Waals surface area contributed by atoms with Gasteiger partial charge in [-0.3, -0.25) is 4.79 Å². The van der Waals surface area contributed by atoms with Gasteiger partial charge in [-0.25, -0.2) is 0 Å². The molecule has 1 aliphatic carbocycles. The molecular weight excluding hydrogens is 304 g/mol. The molecule has 0 saturated heterocycles. The van der Waals surface area contributed by atoms with Gasteiger partial charge in [-0.15, -0.1) is 0 Å². The van der Waals surface area contributed by atoms with Crippen molar-refractivity contribution in [1.82, 2.24) is 4.57 Å². The highest BCUT2D eigenvalue weighted by atomic mass is 79.9. The third kappa shape index (κ3) is 2.00. The number of rotatable bonds is 1. The van der Waals surface area contributed by atoms with Gasteiger partial charge in [0.1, 0.15) is 0 Å². The first kappa shape index (κ1) is 12.2. The van der Waals surface area contributed by atoms with E-state index in [2.05, 4.69) is 22.0 Å². The van der Waals surface area contributed by atoms with Crippen molar-refractivity contribution in [2.75, 3.05) is 0 Å². The summed E-state index contributed by atoms with van der Waals surface area (Å²) in [5.41, 5.74) is 3.49. The summed E-state index contributed by atoms with van der Waals surface area (Å²) in [6.07, 6.45) is 4.40. The monoisotopic (exact) mass is 314 g/mol. The van der Waals surface area contributed by atoms with E-state index in [1.165, 1.54) is 0 Å². The fraction of sp³-hybridized carbons (Fsp3) is 0.200. The maximum Gasteiger partial charge on any atom is 0.164 e. The Morgan fingerprint density at radius 2 is 2.11 bits per heavy atom. The molecule has 3 rings (SSSR count). The number of benzene rings is 1. The van der Waals surface area contributed by atoms with Crippen LogP contribution in [0.3, 0.4) is 0 Å². The number of carbonyl (C=O) groups is 1. The number of ketones is 1. The molecule has 0 unspecified atom stereocenters. The van der Waals surface area contributed by atoms with Gasteiger partial charge in [-0.2, -0.15) is 5.26 Å². The SMILES string of the molecule is N#Cc1ccc(-n2ccc3c2CCCC3=O)c(Br)c1. The Balaban J connectivity index is 2.14. The van der Waals surface area contributed by atoms with Gasteiger partial charge < -0.3 is 4.57 Å². The minimum Gasteiger partial charge on any atom is -0.319 e. The van der Waals surface area contributed by atoms with Crippen LogP contribution in [0.2, 0.25) is 0 Å². The normalized spacial score (nSPS) is 14.0. The van der Waals surface area contributed by atoms with Crippen LogP contribution in [0.5, 0.6) is 0 Å². The first-order valence-corrected chi connectivity index (χ1v) is 6.93. The van der Waals surface area contributed by atoms with E-state index < -0.39 is 0 Å². The maximum absolute atomic E-state index is 11.8. The van der Waals surface area contributed by atoms with Crippen LogP contribution in [0.15, 0.2) is 34.9 Å². The van der Waals surface area contributed by atoms with E-state index in [0.29, 0.717) is 12.0 Å². The molecule has 0 amide bonds. The van der Waals surface area contributed by atoms with E-state index >= 15 is 0 Å². The molecule has 1 aliphatic rings. The van der Waals surface area contributed by atoms with Crippen molar-refractivity contribution in [1.29, 1.82) is 5.26 Å². The van der Waals surface area contributed by atoms with Crippen LogP contribution in [0.4, 0.5) is 0 Å². The van der Waals surface area contributed by atoms with Crippen LogP contribution >= 0.6 is 15.9 Å². The van der Waals surface area contributed by atoms with Crippen LogP contribution in [-0.2, 0) is 6.42 Å². The van der Waals surface area contributed by atoms with Gasteiger partial charge in [-0.1, -0.05) is 0 Å². The van der Waals surface area contributed by atoms with Crippen LogP contribution in [0.1, 0.15) is 34.5 Å². The first-order chi connectivity index (χ1) is 9.20. The number of hydrogen-bond acceptors (Lipinski definition) is 2. The van der Waals surface area contributed by atoms with Gasteiger partial charge >= 0.3 is 0 Å². The molecule has 0 atom stereocenters. The molecule has 1 aromatic carbocycles. The van der Waals surface area contributed by atoms with Crippen molar-refractivity contribution < 1.29 is 4.79 Å². The van der Waals surface area contributed by atoms with Crippen LogP contribution < -0.4 is 0 Å². The second-order valence-electron chi connectivity index (χ2n) is 4.60. The van der Waals surface area contributed by atoms with Gasteiger partial charge in [0.15, 0.2) is 5.78 Å². The second kappa shape index (κ2) is 4.67. The lowest BCUT2D eigenvalue weighted by atomic mass is 9.97. The van der Waals surface area contributed by atoms with E-state index in [9.17, 15) is 4.79 Å². The molecule has 0 saturated carbocycles. The molecule has 0 fully saturated rings. The van der Waals surface area contributed by atoms with Crippen LogP contribution in [-0.4, -0.2) is 10.4 Å². The van der Waals surface area contributed by atoms with Crippen molar-refractivity contribution in [3.8, 4) is 11.8 Å². The summed E-state index contributed by atoms with van der Waals surface area (Å²) in [7, 11) is 0. The summed E-state index contributed by atoms with van der Waals surface area (Å²) in [5.74, 6) is 0.227. The molecule has 4 heteroatoms. The fourth-order valence-corrected chi connectivity index (χ4v) is 3.09. The molecule has 1 heterocycles. The number of Topliss-reactive ketones (excluding diaryl/α,β-unsaturated/α-hetero) is 1. The fourth-order valence-electron chi connectivity index (χ4n) is 2.52. The third-order valence-electron chi connectivity index (χ3n) is 3.45. The zero-order valence-corrected chi connectivity index (χ0v) is 11.8. The lowest BCUT2D eigenvalue weighted by molar-refractivity contribution is 0.0972. The van der Waals surface area contributed by atoms with Gasteiger partial charge in [-0.05, 0) is 53.0 Å². The smallest absolute Gasteiger partial charge is 0.164 e. The average molecular weight is 315 g/mol. The molecule has 2 aromatic rings. The number of nitriles is 1. The summed E-state index contributed by atoms with van der Waals surface area (Å²) >= 11 is 3.50. The minimum atomic E-state index is 0.227. The first-order valence-electron chi connectivity index (χ1n) is 6.14. The molecule has 3 nitrogen and oxygen atoms in total. The summed E-state index contributed by atoms with van der Waals surface area (Å²) in [6.45, 7) is 0. The zero-order valence-electron chi connectivity index (χ0n) is 10.2. The standard InChI is InChI=1S/C15H11BrN2O/c16-12-8-10(9-17)4-5-14(12)18-7-6-11-13(18)2-1-3-15(11)19/h4-8H,1-3H2. The Morgan fingerprint density at radius 3 is 2.84 bits per heavy atom. The van der Waals surface area contributed by atoms with Gasteiger partial charge in [0.25, 0.3) is 0 Å². The van der Waals surface area contributed by atoms with E-state index in [-0.39, 0.29) is 5.78 Å². The largest absolute Gasteiger partial charge is 0.319 e. The Bertz CT molecular complexity index is 709. The summed E-state index contributed by atoms with van der Waals surface area (Å²) in [4.78, 5) is 11.8. The highest BCUT2D eigenvalue weighted by molar-refractivity contribution is 9.10. The van der Waals surface area contributed by atoms with Crippen molar-refractivity contribution in [3.05, 3.63) is 51.8 Å². The molecule has 94 valence electrons. The van der Waals surface area contributed by atoms with Crippen molar-refractivity contribution >= 4 is 21.7 Å². The van der Waals surface area contributed by atoms with E-state index in [1.54, 1.807) is 12.1 Å². The number of hydrogen-bond donors (Lipinski definition) is 0. The number of halogens is 1. The minimum absolute atomic E-state index is 0.227. The van der Waals surface area contributed by atoms with Crippen molar-refractivity contribution in [2.45, 2.75) is 19.3 Å². The average Bonchev–Trinajstić information content (AvgIpc) is 2.84. The number of carbonyl (C=O) groups excluding carboxylic acids is 1. The molecule has 19 heavy (non-hydrogen) atoms. The molecule has 0 bridgehead atoms. The van der Waals surface area contributed by atoms with Crippen molar-refractivity contribution in [3.63, 3.8) is 0 Å². The Kier molecular flexibility index (Phi) is 3.00. The number of aromatic nitrogens is 1. The predicted molar refractivity (Wildman–Crippen MR) is 75.5 cm³/mol. The molecule has 0 aliphatic heterocycles. The van der Waals surface area contributed by atoms with Crippen LogP contribution in [0, 0.1) is 11.3 Å². The molecule has 0 radical (unpaired) electrons. The van der Waals surface area contributed by atoms with Gasteiger partial charge in [0.2, 0.25) is 0 Å². The molecular formula is C15H11BrN2O. The molecule has 0 spiro atoms. The van der Waals surface area contributed by atoms with Crippen LogP contribution in [0.25, 0.3) is 5.69 Å². The van der Waals surface area contributed by atoms with Crippen molar-refractivity contribution in [2.24, 2.45) is 0 Å². The van der Waals surface area contributed by atoms with E-state index in [4.69, 9.17) is 5.26 Å². The highest BCUT2D eigenvalue weighted by Gasteiger charge is 2.21. The van der Waals surface area contributed by atoms with E-state index in [1.807, 2.05) is 22.9 Å². The zero-order chi connectivity index (χ0) is 13.4. The quantitative estimate of drug-likeness (QED) is 0.806. The van der Waals surface area contributed by atoms with E-state index in [0.717, 1.165) is 34.3 Å². The van der Waals surface area contributed by atoms with Gasteiger partial charge in [0, 0.05) is 28.3 Å². The Hall–Kier alpha value is -1.86. The molecule has 0 N–H and O–H groups in total. The lowest BCUT2D eigenvalue weighted by Crippen LogP contribution is -2.12. The Morgan fingerprint density at radius 1 is 1.26 bits per heavy atom. The molecule has 1 aromatic heterocycles. The summed E-state index contributed by atoms with van der Waals surface area (Å²) in [6, 6.07) is 9.50. The lowest BCUT2D eigenvalue weighted by Gasteiger charge is -2.16. The number of nitrogens with zero attached hydrogens (tertiary/aromatic N) is 2. The third-order valence-corrected chi connectivity index (χ3v) is 4.08. The predicted octanol–water partition coefficient (Wildman–Crippen LogP) is 3.63. The maximum atomic E-state index is 11.8. The van der Waals surface area contributed by atoms with Gasteiger partial charge in [0.05, 0.1) is 17.3 Å². The summed E-state index contributed by atoms with van der Waals surface area (Å²) < 4.78 is 2.90.